The van der Waals surface area contributed by atoms with Crippen LogP contribution in [0.1, 0.15) is 31.9 Å². The summed E-state index contributed by atoms with van der Waals surface area (Å²) < 4.78 is 0. The standard InChI is InChI=1S/C16H18ClN3O4/c1-3-8-19-14(22)15(23)20(16(19)24)9-13(21)18-10(2)11-4-6-12(17)7-5-11/h4-7,10H,3,8-9H2,1-2H3,(H,18,21)/t10-/m1/s1. The Hall–Kier alpha value is -2.41. The van der Waals surface area contributed by atoms with Crippen LogP contribution >= 0.6 is 11.6 Å². The summed E-state index contributed by atoms with van der Waals surface area (Å²) in [6.45, 7) is 3.22. The molecule has 0 saturated carbocycles. The summed E-state index contributed by atoms with van der Waals surface area (Å²) in [7, 11) is 0. The summed E-state index contributed by atoms with van der Waals surface area (Å²) in [5.41, 5.74) is 0.829. The molecule has 0 aliphatic carbocycles. The molecule has 0 bridgehead atoms. The molecule has 1 N–H and O–H groups in total. The van der Waals surface area contributed by atoms with Gasteiger partial charge in [0, 0.05) is 11.6 Å². The van der Waals surface area contributed by atoms with Crippen molar-refractivity contribution in [3.63, 3.8) is 0 Å². The molecule has 1 saturated heterocycles. The SMILES string of the molecule is CCCN1C(=O)C(=O)N(CC(=O)N[C@H](C)c2ccc(Cl)cc2)C1=O. The van der Waals surface area contributed by atoms with Crippen molar-refractivity contribution in [2.75, 3.05) is 13.1 Å². The predicted molar refractivity (Wildman–Crippen MR) is 87.1 cm³/mol. The number of amides is 5. The van der Waals surface area contributed by atoms with Gasteiger partial charge in [0.2, 0.25) is 5.91 Å². The molecular weight excluding hydrogens is 334 g/mol. The monoisotopic (exact) mass is 351 g/mol. The molecule has 0 radical (unpaired) electrons. The zero-order valence-corrected chi connectivity index (χ0v) is 14.2. The first-order valence-electron chi connectivity index (χ1n) is 7.57. The van der Waals surface area contributed by atoms with Crippen molar-refractivity contribution < 1.29 is 19.2 Å². The fourth-order valence-corrected chi connectivity index (χ4v) is 2.50. The van der Waals surface area contributed by atoms with Crippen LogP contribution in [0.5, 0.6) is 0 Å². The minimum atomic E-state index is -0.970. The lowest BCUT2D eigenvalue weighted by Crippen LogP contribution is -2.42. The number of carbonyl (C=O) groups is 4. The Labute approximate surface area is 144 Å². The second kappa shape index (κ2) is 7.44. The zero-order chi connectivity index (χ0) is 17.9. The van der Waals surface area contributed by atoms with Gasteiger partial charge in [0.25, 0.3) is 0 Å². The highest BCUT2D eigenvalue weighted by molar-refractivity contribution is 6.45. The molecule has 1 fully saturated rings. The van der Waals surface area contributed by atoms with Gasteiger partial charge < -0.3 is 5.32 Å². The molecule has 1 atom stereocenters. The van der Waals surface area contributed by atoms with Crippen LogP contribution in [0.2, 0.25) is 5.02 Å². The third-order valence-electron chi connectivity index (χ3n) is 3.63. The molecule has 1 aromatic carbocycles. The first-order chi connectivity index (χ1) is 11.3. The third kappa shape index (κ3) is 3.73. The predicted octanol–water partition coefficient (Wildman–Crippen LogP) is 1.72. The summed E-state index contributed by atoms with van der Waals surface area (Å²) in [6.07, 6.45) is 0.540. The van der Waals surface area contributed by atoms with E-state index in [1.165, 1.54) is 0 Å². The molecule has 8 heteroatoms. The molecule has 5 amide bonds. The molecule has 2 rings (SSSR count). The maximum atomic E-state index is 12.1. The normalized spacial score (nSPS) is 15.9. The molecular formula is C16H18ClN3O4. The van der Waals surface area contributed by atoms with Gasteiger partial charge in [-0.05, 0) is 31.0 Å². The lowest BCUT2D eigenvalue weighted by Gasteiger charge is -2.18. The van der Waals surface area contributed by atoms with Gasteiger partial charge in [0.15, 0.2) is 0 Å². The number of nitrogens with zero attached hydrogens (tertiary/aromatic N) is 2. The van der Waals surface area contributed by atoms with Crippen LogP contribution in [-0.4, -0.2) is 46.6 Å². The number of imide groups is 2. The topological polar surface area (TPSA) is 86.8 Å². The van der Waals surface area contributed by atoms with Crippen LogP contribution in [0.25, 0.3) is 0 Å². The molecule has 1 aliphatic rings. The first kappa shape index (κ1) is 17.9. The summed E-state index contributed by atoms with van der Waals surface area (Å²) in [5.74, 6) is -2.38. The van der Waals surface area contributed by atoms with Crippen molar-refractivity contribution in [2.24, 2.45) is 0 Å². The smallest absolute Gasteiger partial charge is 0.334 e. The van der Waals surface area contributed by atoms with Crippen LogP contribution in [0.15, 0.2) is 24.3 Å². The van der Waals surface area contributed by atoms with E-state index in [-0.39, 0.29) is 12.6 Å². The fourth-order valence-electron chi connectivity index (χ4n) is 2.38. The van der Waals surface area contributed by atoms with E-state index in [9.17, 15) is 19.2 Å². The fraction of sp³-hybridized carbons (Fsp3) is 0.375. The Balaban J connectivity index is 1.99. The van der Waals surface area contributed by atoms with Gasteiger partial charge in [-0.3, -0.25) is 19.3 Å². The maximum Gasteiger partial charge on any atom is 0.334 e. The lowest BCUT2D eigenvalue weighted by atomic mass is 10.1. The Bertz CT molecular complexity index is 674. The summed E-state index contributed by atoms with van der Waals surface area (Å²) in [4.78, 5) is 49.3. The molecule has 0 aromatic heterocycles. The van der Waals surface area contributed by atoms with Crippen molar-refractivity contribution in [1.29, 1.82) is 0 Å². The van der Waals surface area contributed by atoms with E-state index in [0.717, 1.165) is 10.5 Å². The van der Waals surface area contributed by atoms with Gasteiger partial charge in [-0.25, -0.2) is 9.69 Å². The van der Waals surface area contributed by atoms with E-state index in [1.807, 2.05) is 0 Å². The van der Waals surface area contributed by atoms with E-state index in [1.54, 1.807) is 38.1 Å². The number of urea groups is 1. The number of rotatable bonds is 6. The highest BCUT2D eigenvalue weighted by Crippen LogP contribution is 2.16. The Morgan fingerprint density at radius 2 is 1.71 bits per heavy atom. The second-order valence-corrected chi connectivity index (χ2v) is 5.91. The van der Waals surface area contributed by atoms with Crippen molar-refractivity contribution in [2.45, 2.75) is 26.3 Å². The molecule has 1 aliphatic heterocycles. The molecule has 7 nitrogen and oxygen atoms in total. The average Bonchev–Trinajstić information content (AvgIpc) is 2.73. The van der Waals surface area contributed by atoms with Crippen LogP contribution in [0.4, 0.5) is 4.79 Å². The van der Waals surface area contributed by atoms with Crippen LogP contribution in [0.3, 0.4) is 0 Å². The van der Waals surface area contributed by atoms with E-state index in [4.69, 9.17) is 11.6 Å². The van der Waals surface area contributed by atoms with Crippen molar-refractivity contribution in [3.05, 3.63) is 34.9 Å². The number of carbonyl (C=O) groups excluding carboxylic acids is 4. The highest BCUT2D eigenvalue weighted by Gasteiger charge is 2.44. The van der Waals surface area contributed by atoms with Gasteiger partial charge in [-0.1, -0.05) is 30.7 Å². The molecule has 0 spiro atoms. The number of halogens is 1. The maximum absolute atomic E-state index is 12.1. The Kier molecular flexibility index (Phi) is 5.56. The number of nitrogens with one attached hydrogen (secondary N) is 1. The van der Waals surface area contributed by atoms with Gasteiger partial charge >= 0.3 is 17.8 Å². The van der Waals surface area contributed by atoms with E-state index in [0.29, 0.717) is 16.3 Å². The minimum Gasteiger partial charge on any atom is -0.348 e. The molecule has 1 aromatic rings. The minimum absolute atomic E-state index is 0.155. The first-order valence-corrected chi connectivity index (χ1v) is 7.95. The summed E-state index contributed by atoms with van der Waals surface area (Å²) in [5, 5.41) is 3.27. The van der Waals surface area contributed by atoms with Crippen molar-refractivity contribution in [1.82, 2.24) is 15.1 Å². The molecule has 1 heterocycles. The summed E-state index contributed by atoms with van der Waals surface area (Å²) >= 11 is 5.82. The van der Waals surface area contributed by atoms with Crippen LogP contribution in [-0.2, 0) is 14.4 Å². The van der Waals surface area contributed by atoms with Gasteiger partial charge in [-0.2, -0.15) is 0 Å². The summed E-state index contributed by atoms with van der Waals surface area (Å²) in [6, 6.07) is 5.87. The third-order valence-corrected chi connectivity index (χ3v) is 3.88. The second-order valence-electron chi connectivity index (χ2n) is 5.47. The molecule has 128 valence electrons. The molecule has 24 heavy (non-hydrogen) atoms. The van der Waals surface area contributed by atoms with Gasteiger partial charge in [0.05, 0.1) is 6.04 Å². The average molecular weight is 352 g/mol. The number of hydrogen-bond acceptors (Lipinski definition) is 4. The zero-order valence-electron chi connectivity index (χ0n) is 13.4. The van der Waals surface area contributed by atoms with E-state index < -0.39 is 30.3 Å². The Morgan fingerprint density at radius 1 is 1.12 bits per heavy atom. The highest BCUT2D eigenvalue weighted by atomic mass is 35.5. The molecule has 0 unspecified atom stereocenters. The van der Waals surface area contributed by atoms with Crippen LogP contribution in [0, 0.1) is 0 Å². The Morgan fingerprint density at radius 3 is 2.29 bits per heavy atom. The van der Waals surface area contributed by atoms with Gasteiger partial charge in [0.1, 0.15) is 6.54 Å². The van der Waals surface area contributed by atoms with E-state index in [2.05, 4.69) is 5.32 Å². The quantitative estimate of drug-likeness (QED) is 0.624. The van der Waals surface area contributed by atoms with Crippen LogP contribution < -0.4 is 5.32 Å². The van der Waals surface area contributed by atoms with Crippen molar-refractivity contribution >= 4 is 35.4 Å². The largest absolute Gasteiger partial charge is 0.348 e. The lowest BCUT2D eigenvalue weighted by molar-refractivity contribution is -0.144. The van der Waals surface area contributed by atoms with Crippen molar-refractivity contribution in [3.8, 4) is 0 Å². The number of benzene rings is 1. The van der Waals surface area contributed by atoms with E-state index >= 15 is 0 Å². The number of hydrogen-bond donors (Lipinski definition) is 1. The van der Waals surface area contributed by atoms with Gasteiger partial charge in [-0.15, -0.1) is 0 Å².